The van der Waals surface area contributed by atoms with E-state index in [4.69, 9.17) is 5.73 Å². The van der Waals surface area contributed by atoms with Crippen molar-refractivity contribution in [2.24, 2.45) is 11.7 Å². The van der Waals surface area contributed by atoms with Crippen LogP contribution in [0.3, 0.4) is 0 Å². The van der Waals surface area contributed by atoms with Crippen LogP contribution in [0, 0.1) is 17.6 Å². The van der Waals surface area contributed by atoms with Crippen molar-refractivity contribution in [3.05, 3.63) is 83.1 Å². The number of aliphatic hydroxyl groups is 2. The van der Waals surface area contributed by atoms with Crippen molar-refractivity contribution in [3.8, 4) is 11.3 Å². The Labute approximate surface area is 219 Å². The Morgan fingerprint density at radius 1 is 1.11 bits per heavy atom. The van der Waals surface area contributed by atoms with Crippen molar-refractivity contribution in [3.63, 3.8) is 0 Å². The van der Waals surface area contributed by atoms with E-state index >= 15 is 8.78 Å². The molecular weight excluding hydrogens is 488 g/mol. The number of nitrogens with zero attached hydrogens (tertiary/aromatic N) is 4. The average molecular weight is 520 g/mol. The Balaban J connectivity index is 1.34. The molecule has 1 aromatic carbocycles. The number of hydrogen-bond acceptors (Lipinski definition) is 6. The molecule has 0 radical (unpaired) electrons. The second kappa shape index (κ2) is 9.48. The number of benzene rings is 1. The maximum Gasteiger partial charge on any atom is 0.136 e. The number of fused-ring (bicyclic) bond motifs is 1. The summed E-state index contributed by atoms with van der Waals surface area (Å²) in [4.78, 5) is 8.88. The van der Waals surface area contributed by atoms with Gasteiger partial charge in [0.15, 0.2) is 0 Å². The summed E-state index contributed by atoms with van der Waals surface area (Å²) in [6.07, 6.45) is 8.48. The van der Waals surface area contributed by atoms with Gasteiger partial charge in [-0.15, -0.1) is 0 Å². The molecule has 9 heteroatoms. The summed E-state index contributed by atoms with van der Waals surface area (Å²) in [5, 5.41) is 25.4. The topological polar surface area (TPSA) is 110 Å². The normalized spacial score (nSPS) is 24.9. The summed E-state index contributed by atoms with van der Waals surface area (Å²) in [7, 11) is 0. The molecule has 2 fully saturated rings. The van der Waals surface area contributed by atoms with Crippen LogP contribution in [0.1, 0.15) is 67.5 Å². The zero-order valence-corrected chi connectivity index (χ0v) is 21.2. The highest BCUT2D eigenvalue weighted by Gasteiger charge is 2.37. The van der Waals surface area contributed by atoms with E-state index in [-0.39, 0.29) is 34.7 Å². The lowest BCUT2D eigenvalue weighted by molar-refractivity contribution is -0.0392. The minimum absolute atomic E-state index is 0.0856. The molecule has 0 amide bonds. The Morgan fingerprint density at radius 2 is 1.87 bits per heavy atom. The first-order valence-corrected chi connectivity index (χ1v) is 13.2. The number of imidazole rings is 1. The molecule has 6 rings (SSSR count). The van der Waals surface area contributed by atoms with Crippen LogP contribution in [-0.2, 0) is 12.0 Å². The molecule has 2 saturated carbocycles. The SMILES string of the molecule is C[C@H]1C[C@@H](c2ccncc2Cc2ncc3ccc(-c4c(F)cc(C5(O)CCC5)cc4F)nn23)C[C@@H](N)[C@H]1O. The van der Waals surface area contributed by atoms with Crippen molar-refractivity contribution < 1.29 is 19.0 Å². The fourth-order valence-corrected chi connectivity index (χ4v) is 6.06. The number of hydrogen-bond donors (Lipinski definition) is 3. The third kappa shape index (κ3) is 4.28. The van der Waals surface area contributed by atoms with Crippen LogP contribution in [0.5, 0.6) is 0 Å². The second-order valence-electron chi connectivity index (χ2n) is 11.0. The molecule has 3 aromatic heterocycles. The first kappa shape index (κ1) is 25.0. The molecule has 0 bridgehead atoms. The van der Waals surface area contributed by atoms with Gasteiger partial charge in [-0.1, -0.05) is 6.92 Å². The highest BCUT2D eigenvalue weighted by Crippen LogP contribution is 2.43. The molecule has 2 aliphatic carbocycles. The van der Waals surface area contributed by atoms with Gasteiger partial charge in [0.25, 0.3) is 0 Å². The molecule has 38 heavy (non-hydrogen) atoms. The van der Waals surface area contributed by atoms with Gasteiger partial charge in [0.1, 0.15) is 17.5 Å². The van der Waals surface area contributed by atoms with E-state index in [1.807, 2.05) is 19.2 Å². The monoisotopic (exact) mass is 519 g/mol. The number of aliphatic hydroxyl groups excluding tert-OH is 1. The zero-order chi connectivity index (χ0) is 26.6. The molecule has 2 aliphatic rings. The molecule has 4 atom stereocenters. The lowest BCUT2D eigenvalue weighted by Gasteiger charge is -2.37. The summed E-state index contributed by atoms with van der Waals surface area (Å²) in [6, 6.07) is 7.44. The van der Waals surface area contributed by atoms with Crippen LogP contribution >= 0.6 is 0 Å². The highest BCUT2D eigenvalue weighted by molar-refractivity contribution is 5.63. The number of aromatic nitrogens is 4. The van der Waals surface area contributed by atoms with E-state index in [2.05, 4.69) is 15.1 Å². The third-order valence-corrected chi connectivity index (χ3v) is 8.44. The molecular formula is C29H31F2N5O2. The lowest BCUT2D eigenvalue weighted by Crippen LogP contribution is -2.44. The van der Waals surface area contributed by atoms with E-state index in [0.29, 0.717) is 37.0 Å². The average Bonchev–Trinajstić information content (AvgIpc) is 3.27. The van der Waals surface area contributed by atoms with E-state index < -0.39 is 23.3 Å². The maximum atomic E-state index is 15.2. The number of pyridine rings is 1. The Kier molecular flexibility index (Phi) is 6.25. The van der Waals surface area contributed by atoms with Gasteiger partial charge in [-0.05, 0) is 91.0 Å². The standard InChI is InChI=1S/C29H31F2N5O2/c1-16-9-17(10-24(32)28(16)37)21-5-8-33-14-18(21)11-26-34-15-20-3-4-25(35-36(20)26)27-22(30)12-19(13-23(27)31)29(38)6-2-7-29/h3-5,8,12-17,24,28,37-38H,2,6-7,9-11,32H2,1H3/t16-,17+,24+,28-/m0/s1. The fraction of sp³-hybridized carbons (Fsp3) is 0.414. The fourth-order valence-electron chi connectivity index (χ4n) is 6.06. The van der Waals surface area contributed by atoms with Crippen molar-refractivity contribution in [1.29, 1.82) is 0 Å². The van der Waals surface area contributed by atoms with Crippen LogP contribution in [0.15, 0.2) is 48.9 Å². The number of nitrogens with two attached hydrogens (primary N) is 1. The lowest BCUT2D eigenvalue weighted by atomic mass is 9.74. The number of halogens is 2. The van der Waals surface area contributed by atoms with Gasteiger partial charge in [0.2, 0.25) is 0 Å². The Bertz CT molecular complexity index is 1470. The first-order chi connectivity index (χ1) is 18.2. The summed E-state index contributed by atoms with van der Waals surface area (Å²) >= 11 is 0. The van der Waals surface area contributed by atoms with Crippen LogP contribution in [0.2, 0.25) is 0 Å². The predicted octanol–water partition coefficient (Wildman–Crippen LogP) is 4.23. The predicted molar refractivity (Wildman–Crippen MR) is 138 cm³/mol. The van der Waals surface area contributed by atoms with Gasteiger partial charge in [-0.3, -0.25) is 4.98 Å². The van der Waals surface area contributed by atoms with Crippen molar-refractivity contribution in [2.45, 2.75) is 69.1 Å². The summed E-state index contributed by atoms with van der Waals surface area (Å²) in [5.41, 5.74) is 8.04. The van der Waals surface area contributed by atoms with Crippen LogP contribution < -0.4 is 5.73 Å². The van der Waals surface area contributed by atoms with Gasteiger partial charge in [0.05, 0.1) is 34.7 Å². The quantitative estimate of drug-likeness (QED) is 0.364. The van der Waals surface area contributed by atoms with Gasteiger partial charge in [0, 0.05) is 24.9 Å². The van der Waals surface area contributed by atoms with E-state index in [1.165, 1.54) is 12.1 Å². The summed E-state index contributed by atoms with van der Waals surface area (Å²) in [5.74, 6) is -0.627. The molecule has 4 N–H and O–H groups in total. The highest BCUT2D eigenvalue weighted by atomic mass is 19.1. The molecule has 0 unspecified atom stereocenters. The van der Waals surface area contributed by atoms with Crippen molar-refractivity contribution in [1.82, 2.24) is 19.6 Å². The smallest absolute Gasteiger partial charge is 0.136 e. The van der Waals surface area contributed by atoms with Crippen LogP contribution in [0.4, 0.5) is 8.78 Å². The van der Waals surface area contributed by atoms with Gasteiger partial charge in [-0.2, -0.15) is 5.10 Å². The van der Waals surface area contributed by atoms with Gasteiger partial charge in [-0.25, -0.2) is 18.3 Å². The summed E-state index contributed by atoms with van der Waals surface area (Å²) < 4.78 is 31.9. The van der Waals surface area contributed by atoms with E-state index in [0.717, 1.165) is 24.0 Å². The van der Waals surface area contributed by atoms with Gasteiger partial charge >= 0.3 is 0 Å². The molecule has 0 spiro atoms. The van der Waals surface area contributed by atoms with Crippen LogP contribution in [-0.4, -0.2) is 41.9 Å². The van der Waals surface area contributed by atoms with Gasteiger partial charge < -0.3 is 15.9 Å². The molecule has 4 aromatic rings. The number of rotatable bonds is 5. The van der Waals surface area contributed by atoms with Crippen LogP contribution in [0.25, 0.3) is 16.8 Å². The molecule has 0 saturated heterocycles. The first-order valence-electron chi connectivity index (χ1n) is 13.2. The zero-order valence-electron chi connectivity index (χ0n) is 21.2. The molecule has 7 nitrogen and oxygen atoms in total. The minimum atomic E-state index is -1.16. The molecule has 0 aliphatic heterocycles. The maximum absolute atomic E-state index is 15.2. The van der Waals surface area contributed by atoms with E-state index in [1.54, 1.807) is 29.0 Å². The van der Waals surface area contributed by atoms with E-state index in [9.17, 15) is 10.2 Å². The van der Waals surface area contributed by atoms with Crippen molar-refractivity contribution >= 4 is 5.52 Å². The largest absolute Gasteiger partial charge is 0.391 e. The third-order valence-electron chi connectivity index (χ3n) is 8.44. The summed E-state index contributed by atoms with van der Waals surface area (Å²) in [6.45, 7) is 2.02. The Morgan fingerprint density at radius 3 is 2.55 bits per heavy atom. The van der Waals surface area contributed by atoms with Crippen molar-refractivity contribution in [2.75, 3.05) is 0 Å². The molecule has 198 valence electrons. The second-order valence-corrected chi connectivity index (χ2v) is 11.0. The minimum Gasteiger partial charge on any atom is -0.391 e. The molecule has 3 heterocycles. The Hall–Kier alpha value is -3.27.